The number of likely N-dealkylation sites (N-methyl/N-ethyl adjacent to an activating group) is 1. The Balaban J connectivity index is 1.60. The standard InChI is InChI=1S/C26H23F2N3O3/c1-30(26(33)18-6-5-7-19(27)14-18)16-25(32)31-24(17-10-12-20(34-2)13-11-17)15-23(29-31)21-8-3-4-9-22(21)28/h3-14,24H,15-16H2,1-2H3. The minimum atomic E-state index is -0.538. The SMILES string of the molecule is COc1ccc(C2CC(c3ccccc3F)=NN2C(=O)CN(C)C(=O)c2cccc(F)c2)cc1. The molecule has 1 aliphatic heterocycles. The first-order valence-corrected chi connectivity index (χ1v) is 10.7. The third-order valence-electron chi connectivity index (χ3n) is 5.64. The molecule has 4 rings (SSSR count). The zero-order valence-electron chi connectivity index (χ0n) is 18.7. The molecule has 1 aliphatic rings. The van der Waals surface area contributed by atoms with Crippen molar-refractivity contribution in [3.8, 4) is 5.75 Å². The average Bonchev–Trinajstić information content (AvgIpc) is 3.29. The van der Waals surface area contributed by atoms with Gasteiger partial charge in [-0.3, -0.25) is 9.59 Å². The minimum Gasteiger partial charge on any atom is -0.497 e. The van der Waals surface area contributed by atoms with Crippen molar-refractivity contribution in [1.29, 1.82) is 0 Å². The molecule has 34 heavy (non-hydrogen) atoms. The topological polar surface area (TPSA) is 62.2 Å². The van der Waals surface area contributed by atoms with E-state index in [1.807, 2.05) is 12.1 Å². The van der Waals surface area contributed by atoms with Crippen LogP contribution in [0.2, 0.25) is 0 Å². The Morgan fingerprint density at radius 3 is 2.47 bits per heavy atom. The van der Waals surface area contributed by atoms with Crippen LogP contribution >= 0.6 is 0 Å². The molecule has 8 heteroatoms. The number of rotatable bonds is 6. The fourth-order valence-corrected chi connectivity index (χ4v) is 3.87. The van der Waals surface area contributed by atoms with Crippen LogP contribution < -0.4 is 4.74 Å². The third-order valence-corrected chi connectivity index (χ3v) is 5.64. The average molecular weight is 463 g/mol. The van der Waals surface area contributed by atoms with Crippen LogP contribution in [-0.4, -0.2) is 48.1 Å². The van der Waals surface area contributed by atoms with E-state index in [1.54, 1.807) is 37.4 Å². The maximum Gasteiger partial charge on any atom is 0.262 e. The van der Waals surface area contributed by atoms with Gasteiger partial charge < -0.3 is 9.64 Å². The van der Waals surface area contributed by atoms with E-state index in [-0.39, 0.29) is 12.1 Å². The molecule has 1 heterocycles. The molecule has 2 amide bonds. The first-order chi connectivity index (χ1) is 16.4. The monoisotopic (exact) mass is 463 g/mol. The van der Waals surface area contributed by atoms with Gasteiger partial charge >= 0.3 is 0 Å². The number of benzene rings is 3. The molecule has 0 spiro atoms. The number of carbonyl (C=O) groups excluding carboxylic acids is 2. The number of ether oxygens (including phenoxy) is 1. The molecule has 0 saturated carbocycles. The van der Waals surface area contributed by atoms with Crippen LogP contribution in [-0.2, 0) is 4.79 Å². The number of hydrazone groups is 1. The third kappa shape index (κ3) is 4.80. The molecule has 3 aromatic rings. The first kappa shape index (κ1) is 23.1. The van der Waals surface area contributed by atoms with Crippen molar-refractivity contribution < 1.29 is 23.1 Å². The maximum atomic E-state index is 14.4. The smallest absolute Gasteiger partial charge is 0.262 e. The van der Waals surface area contributed by atoms with Gasteiger partial charge in [-0.15, -0.1) is 0 Å². The Hall–Kier alpha value is -4.07. The molecule has 0 aliphatic carbocycles. The van der Waals surface area contributed by atoms with E-state index in [1.165, 1.54) is 41.2 Å². The van der Waals surface area contributed by atoms with Crippen molar-refractivity contribution in [3.05, 3.63) is 101 Å². The van der Waals surface area contributed by atoms with Gasteiger partial charge in [0.1, 0.15) is 23.9 Å². The van der Waals surface area contributed by atoms with Gasteiger partial charge in [-0.25, -0.2) is 13.8 Å². The van der Waals surface area contributed by atoms with Crippen LogP contribution in [0.5, 0.6) is 5.75 Å². The summed E-state index contributed by atoms with van der Waals surface area (Å²) in [5.41, 5.74) is 1.69. The lowest BCUT2D eigenvalue weighted by molar-refractivity contribution is -0.133. The molecule has 6 nitrogen and oxygen atoms in total. The highest BCUT2D eigenvalue weighted by Crippen LogP contribution is 2.34. The fourth-order valence-electron chi connectivity index (χ4n) is 3.87. The van der Waals surface area contributed by atoms with Crippen molar-refractivity contribution in [3.63, 3.8) is 0 Å². The van der Waals surface area contributed by atoms with E-state index >= 15 is 0 Å². The second kappa shape index (κ2) is 9.82. The Morgan fingerprint density at radius 1 is 1.06 bits per heavy atom. The molecular formula is C26H23F2N3O3. The summed E-state index contributed by atoms with van der Waals surface area (Å²) in [4.78, 5) is 27.2. The molecule has 0 radical (unpaired) electrons. The second-order valence-corrected chi connectivity index (χ2v) is 7.93. The zero-order valence-corrected chi connectivity index (χ0v) is 18.7. The molecule has 3 aromatic carbocycles. The van der Waals surface area contributed by atoms with E-state index in [0.717, 1.165) is 11.6 Å². The van der Waals surface area contributed by atoms with Crippen LogP contribution in [0.4, 0.5) is 8.78 Å². The second-order valence-electron chi connectivity index (χ2n) is 7.93. The Kier molecular flexibility index (Phi) is 6.67. The largest absolute Gasteiger partial charge is 0.497 e. The van der Waals surface area contributed by atoms with Gasteiger partial charge in [-0.05, 0) is 42.0 Å². The van der Waals surface area contributed by atoms with Gasteiger partial charge in [0.15, 0.2) is 0 Å². The summed E-state index contributed by atoms with van der Waals surface area (Å²) in [5.74, 6) is -1.24. The van der Waals surface area contributed by atoms with Gasteiger partial charge in [0.2, 0.25) is 0 Å². The summed E-state index contributed by atoms with van der Waals surface area (Å²) in [6.45, 7) is -0.282. The minimum absolute atomic E-state index is 0.138. The van der Waals surface area contributed by atoms with Gasteiger partial charge in [-0.1, -0.05) is 36.4 Å². The van der Waals surface area contributed by atoms with Gasteiger partial charge in [0.05, 0.1) is 18.9 Å². The van der Waals surface area contributed by atoms with Crippen molar-refractivity contribution >= 4 is 17.5 Å². The number of amides is 2. The number of hydrogen-bond donors (Lipinski definition) is 0. The molecule has 0 saturated heterocycles. The van der Waals surface area contributed by atoms with Crippen molar-refractivity contribution in [2.45, 2.75) is 12.5 Å². The van der Waals surface area contributed by atoms with Gasteiger partial charge in [-0.2, -0.15) is 5.10 Å². The number of methoxy groups -OCH3 is 1. The summed E-state index contributed by atoms with van der Waals surface area (Å²) in [6, 6.07) is 18.3. The summed E-state index contributed by atoms with van der Waals surface area (Å²) < 4.78 is 33.2. The predicted octanol–water partition coefficient (Wildman–Crippen LogP) is 4.42. The maximum absolute atomic E-state index is 14.4. The van der Waals surface area contributed by atoms with Crippen LogP contribution in [0.3, 0.4) is 0 Å². The van der Waals surface area contributed by atoms with Crippen LogP contribution in [0.1, 0.15) is 33.9 Å². The van der Waals surface area contributed by atoms with E-state index < -0.39 is 29.5 Å². The molecule has 1 unspecified atom stereocenters. The number of carbonyl (C=O) groups is 2. The molecule has 0 bridgehead atoms. The number of hydrogen-bond acceptors (Lipinski definition) is 4. The Labute approximate surface area is 196 Å². The molecule has 1 atom stereocenters. The predicted molar refractivity (Wildman–Crippen MR) is 123 cm³/mol. The molecule has 0 N–H and O–H groups in total. The van der Waals surface area contributed by atoms with Crippen molar-refractivity contribution in [2.24, 2.45) is 5.10 Å². The molecule has 0 fully saturated rings. The fraction of sp³-hybridized carbons (Fsp3) is 0.192. The Bertz CT molecular complexity index is 1240. The first-order valence-electron chi connectivity index (χ1n) is 10.7. The highest BCUT2D eigenvalue weighted by molar-refractivity contribution is 6.04. The normalized spacial score (nSPS) is 15.1. The lowest BCUT2D eigenvalue weighted by atomic mass is 9.98. The summed E-state index contributed by atoms with van der Waals surface area (Å²) in [7, 11) is 3.02. The van der Waals surface area contributed by atoms with Crippen LogP contribution in [0.25, 0.3) is 0 Å². The lowest BCUT2D eigenvalue weighted by Gasteiger charge is -2.25. The zero-order chi connectivity index (χ0) is 24.2. The molecule has 174 valence electrons. The number of halogens is 2. The van der Waals surface area contributed by atoms with E-state index in [2.05, 4.69) is 5.10 Å². The van der Waals surface area contributed by atoms with Crippen LogP contribution in [0.15, 0.2) is 77.9 Å². The molecule has 0 aromatic heterocycles. The van der Waals surface area contributed by atoms with E-state index in [4.69, 9.17) is 4.74 Å². The van der Waals surface area contributed by atoms with E-state index in [9.17, 15) is 18.4 Å². The number of nitrogens with zero attached hydrogens (tertiary/aromatic N) is 3. The van der Waals surface area contributed by atoms with E-state index in [0.29, 0.717) is 23.4 Å². The van der Waals surface area contributed by atoms with Gasteiger partial charge in [0.25, 0.3) is 11.8 Å². The summed E-state index contributed by atoms with van der Waals surface area (Å²) in [6.07, 6.45) is 0.306. The van der Waals surface area contributed by atoms with Crippen LogP contribution in [0, 0.1) is 11.6 Å². The summed E-state index contributed by atoms with van der Waals surface area (Å²) in [5, 5.41) is 5.74. The molecular weight excluding hydrogens is 440 g/mol. The highest BCUT2D eigenvalue weighted by Gasteiger charge is 2.34. The van der Waals surface area contributed by atoms with Crippen molar-refractivity contribution in [1.82, 2.24) is 9.91 Å². The lowest BCUT2D eigenvalue weighted by Crippen LogP contribution is -2.39. The Morgan fingerprint density at radius 2 is 1.79 bits per heavy atom. The quantitative estimate of drug-likeness (QED) is 0.544. The van der Waals surface area contributed by atoms with Crippen molar-refractivity contribution in [2.75, 3.05) is 20.7 Å². The highest BCUT2D eigenvalue weighted by atomic mass is 19.1. The summed E-state index contributed by atoms with van der Waals surface area (Å²) >= 11 is 0. The van der Waals surface area contributed by atoms with Gasteiger partial charge in [0, 0.05) is 24.6 Å².